The molecular weight excluding hydrogens is 209 g/mol. The average Bonchev–Trinajstić information content (AvgIpc) is 1.54. The van der Waals surface area contributed by atoms with Gasteiger partial charge in [0.15, 0.2) is 0 Å². The molecule has 0 aliphatic carbocycles. The molecule has 0 amide bonds. The van der Waals surface area contributed by atoms with Crippen molar-refractivity contribution in [2.75, 3.05) is 0 Å². The summed E-state index contributed by atoms with van der Waals surface area (Å²) in [5.41, 5.74) is 0. The predicted octanol–water partition coefficient (Wildman–Crippen LogP) is -3.83. The van der Waals surface area contributed by atoms with Crippen LogP contribution in [0.25, 0.3) is 0 Å². The largest absolute Gasteiger partial charge is 2.00 e. The topological polar surface area (TPSA) is 227 Å². The number of nitrogens with zero attached hydrogens (tertiary/aromatic N) is 3. The molecule has 14 heavy (non-hydrogen) atoms. The summed E-state index contributed by atoms with van der Waals surface area (Å²) in [5, 5.41) is 44.2. The fraction of sp³-hybridized carbons (Fsp3) is 0. The second-order valence-corrected chi connectivity index (χ2v) is 0.671. The standard InChI is InChI=1S/Li.3NO3.O/c;3*2-1(3)4;/q+1;3*-1;+2. The third-order valence-corrected chi connectivity index (χ3v) is 0. The van der Waals surface area contributed by atoms with E-state index in [1.165, 1.54) is 0 Å². The van der Waals surface area contributed by atoms with Crippen LogP contribution in [0.1, 0.15) is 0 Å². The van der Waals surface area contributed by atoms with E-state index in [9.17, 15) is 0 Å². The van der Waals surface area contributed by atoms with E-state index in [0.29, 0.717) is 0 Å². The van der Waals surface area contributed by atoms with Gasteiger partial charge >= 0.3 is 24.3 Å². The molecule has 0 aliphatic rings. The third-order valence-electron chi connectivity index (χ3n) is 0. The van der Waals surface area contributed by atoms with Gasteiger partial charge in [-0.05, 0) is 0 Å². The quantitative estimate of drug-likeness (QED) is 0.215. The SMILES string of the molecule is O=[N+]([O-])[O-].O=[N+]([O-])[O-].O=[N+]([O-])[O-].[Li+].[O+2]. The van der Waals surface area contributed by atoms with Crippen LogP contribution >= 0.6 is 0 Å². The molecule has 14 heteroatoms. The molecule has 0 rings (SSSR count). The van der Waals surface area contributed by atoms with E-state index in [4.69, 9.17) is 46.0 Å². The van der Waals surface area contributed by atoms with E-state index in [-0.39, 0.29) is 24.3 Å². The van der Waals surface area contributed by atoms with Crippen LogP contribution in [0.15, 0.2) is 0 Å². The molecule has 0 fully saturated rings. The van der Waals surface area contributed by atoms with Crippen LogP contribution < -0.4 is 18.9 Å². The van der Waals surface area contributed by atoms with E-state index < -0.39 is 15.3 Å². The zero-order chi connectivity index (χ0) is 10.7. The summed E-state index contributed by atoms with van der Waals surface area (Å²) in [6, 6.07) is 0. The zero-order valence-electron chi connectivity index (χ0n) is 6.42. The zero-order valence-corrected chi connectivity index (χ0v) is 6.42. The Labute approximate surface area is 86.4 Å². The molecule has 0 N–H and O–H groups in total. The minimum Gasteiger partial charge on any atom is -0.356 e. The van der Waals surface area contributed by atoms with Gasteiger partial charge in [-0.25, -0.2) is 0 Å². The van der Waals surface area contributed by atoms with Gasteiger partial charge in [0.1, 0.15) is 0 Å². The van der Waals surface area contributed by atoms with Gasteiger partial charge in [0.25, 0.3) is 0 Å². The molecule has 0 aromatic carbocycles. The molecule has 76 valence electrons. The maximum atomic E-state index is 8.25. The van der Waals surface area contributed by atoms with Crippen molar-refractivity contribution < 1.29 is 39.6 Å². The van der Waals surface area contributed by atoms with Crippen molar-refractivity contribution in [3.05, 3.63) is 46.0 Å². The van der Waals surface area contributed by atoms with Crippen LogP contribution in [-0.2, 0) is 5.48 Å². The normalized spacial score (nSPS) is 5.14. The van der Waals surface area contributed by atoms with Crippen LogP contribution in [0.3, 0.4) is 0 Å². The molecule has 0 unspecified atom stereocenters. The van der Waals surface area contributed by atoms with Gasteiger partial charge in [0.2, 0.25) is 0 Å². The van der Waals surface area contributed by atoms with Gasteiger partial charge in [-0.2, -0.15) is 0 Å². The summed E-state index contributed by atoms with van der Waals surface area (Å²) in [7, 11) is 0. The summed E-state index contributed by atoms with van der Waals surface area (Å²) in [4.78, 5) is 24.8. The number of hydrogen-bond acceptors (Lipinski definition) is 9. The molecule has 0 bridgehead atoms. The number of hydrogen-bond donors (Lipinski definition) is 0. The Kier molecular flexibility index (Phi) is 47.4. The Morgan fingerprint density at radius 2 is 0.571 bits per heavy atom. The molecule has 0 saturated carbocycles. The first kappa shape index (κ1) is 29.5. The molecule has 0 saturated heterocycles. The predicted molar refractivity (Wildman–Crippen MR) is 31.8 cm³/mol. The summed E-state index contributed by atoms with van der Waals surface area (Å²) in [6.45, 7) is 0. The first-order chi connectivity index (χ1) is 5.20. The molecule has 0 aromatic rings. The van der Waals surface area contributed by atoms with Gasteiger partial charge in [-0.3, -0.25) is 0 Å². The van der Waals surface area contributed by atoms with E-state index >= 15 is 0 Å². The molecule has 13 nitrogen and oxygen atoms in total. The van der Waals surface area contributed by atoms with Crippen molar-refractivity contribution in [1.82, 2.24) is 0 Å². The van der Waals surface area contributed by atoms with E-state index in [1.807, 2.05) is 0 Å². The van der Waals surface area contributed by atoms with Gasteiger partial charge in [0.05, 0.1) is 15.3 Å². The van der Waals surface area contributed by atoms with E-state index in [2.05, 4.69) is 0 Å². The Balaban J connectivity index is -0.0000000270. The Bertz CT molecular complexity index is 113. The maximum absolute atomic E-state index is 8.25. The van der Waals surface area contributed by atoms with Crippen LogP contribution in [-0.4, -0.2) is 15.3 Å². The van der Waals surface area contributed by atoms with Crippen molar-refractivity contribution in [3.63, 3.8) is 0 Å². The molecule has 0 aliphatic heterocycles. The summed E-state index contributed by atoms with van der Waals surface area (Å²) in [6.07, 6.45) is 0. The summed E-state index contributed by atoms with van der Waals surface area (Å²) < 4.78 is 0. The van der Waals surface area contributed by atoms with E-state index in [0.717, 1.165) is 0 Å². The first-order valence-electron chi connectivity index (χ1n) is 1.64. The fourth-order valence-electron chi connectivity index (χ4n) is 0. The molecule has 0 atom stereocenters. The second-order valence-electron chi connectivity index (χ2n) is 0.671. The number of rotatable bonds is 0. The smallest absolute Gasteiger partial charge is 0.356 e. The summed E-state index contributed by atoms with van der Waals surface area (Å²) in [5.74, 6) is 0. The maximum Gasteiger partial charge on any atom is 2.00 e. The van der Waals surface area contributed by atoms with Gasteiger partial charge in [-0.1, -0.05) is 0 Å². The Hall–Kier alpha value is -1.84. The average molecular weight is 209 g/mol. The van der Waals surface area contributed by atoms with Gasteiger partial charge < -0.3 is 46.0 Å². The van der Waals surface area contributed by atoms with Crippen LogP contribution in [0.2, 0.25) is 0 Å². The van der Waals surface area contributed by atoms with Crippen molar-refractivity contribution in [1.29, 1.82) is 0 Å². The first-order valence-corrected chi connectivity index (χ1v) is 1.64. The fourth-order valence-corrected chi connectivity index (χ4v) is 0. The van der Waals surface area contributed by atoms with Crippen LogP contribution in [0.4, 0.5) is 0 Å². The Morgan fingerprint density at radius 3 is 0.571 bits per heavy atom. The molecule has 0 spiro atoms. The van der Waals surface area contributed by atoms with E-state index in [1.54, 1.807) is 0 Å². The van der Waals surface area contributed by atoms with Gasteiger partial charge in [0, 0.05) is 0 Å². The van der Waals surface area contributed by atoms with Crippen molar-refractivity contribution in [2.45, 2.75) is 0 Å². The Morgan fingerprint density at radius 1 is 0.571 bits per heavy atom. The van der Waals surface area contributed by atoms with Gasteiger partial charge in [-0.15, -0.1) is 0 Å². The van der Waals surface area contributed by atoms with Crippen molar-refractivity contribution >= 4 is 0 Å². The van der Waals surface area contributed by atoms with Crippen molar-refractivity contribution in [2.24, 2.45) is 0 Å². The minimum absolute atomic E-state index is 0. The molecule has 4 radical (unpaired) electrons. The summed E-state index contributed by atoms with van der Waals surface area (Å²) >= 11 is 0. The second kappa shape index (κ2) is 22.5. The van der Waals surface area contributed by atoms with Crippen molar-refractivity contribution in [3.8, 4) is 0 Å². The minimum atomic E-state index is -1.75. The molecule has 0 heterocycles. The van der Waals surface area contributed by atoms with Crippen LogP contribution in [0, 0.1) is 46.0 Å². The third kappa shape index (κ3) is 251. The molecule has 0 aromatic heterocycles. The molecular formula is LiN3O10. The van der Waals surface area contributed by atoms with Crippen LogP contribution in [0.5, 0.6) is 0 Å². The monoisotopic (exact) mass is 209 g/mol.